The highest BCUT2D eigenvalue weighted by Crippen LogP contribution is 2.38. The Morgan fingerprint density at radius 3 is 2.64 bits per heavy atom. The van der Waals surface area contributed by atoms with E-state index in [-0.39, 0.29) is 36.2 Å². The Morgan fingerprint density at radius 2 is 1.85 bits per heavy atom. The van der Waals surface area contributed by atoms with Crippen molar-refractivity contribution < 1.29 is 19.1 Å². The molecule has 0 radical (unpaired) electrons. The van der Waals surface area contributed by atoms with Crippen LogP contribution in [-0.4, -0.2) is 58.5 Å². The third-order valence-electron chi connectivity index (χ3n) is 6.86. The first-order valence-corrected chi connectivity index (χ1v) is 11.4. The summed E-state index contributed by atoms with van der Waals surface area (Å²) in [5, 5.41) is 1.36. The summed E-state index contributed by atoms with van der Waals surface area (Å²) in [6.07, 6.45) is 2.98. The van der Waals surface area contributed by atoms with Crippen molar-refractivity contribution in [3.05, 3.63) is 65.7 Å². The maximum atomic E-state index is 13.5. The zero-order valence-electron chi connectivity index (χ0n) is 18.6. The van der Waals surface area contributed by atoms with Crippen molar-refractivity contribution in [1.29, 1.82) is 0 Å². The van der Waals surface area contributed by atoms with Gasteiger partial charge in [-0.25, -0.2) is 9.80 Å². The van der Waals surface area contributed by atoms with Gasteiger partial charge in [-0.3, -0.25) is 14.5 Å². The molecule has 2 aliphatic heterocycles. The van der Waals surface area contributed by atoms with Gasteiger partial charge in [0.25, 0.3) is 0 Å². The highest BCUT2D eigenvalue weighted by atomic mass is 16.5. The molecule has 2 saturated heterocycles. The molecule has 172 valence electrons. The fourth-order valence-electron chi connectivity index (χ4n) is 5.20. The van der Waals surface area contributed by atoms with Crippen LogP contribution in [0, 0.1) is 5.92 Å². The number of rotatable bonds is 6. The molecule has 5 rings (SSSR count). The zero-order chi connectivity index (χ0) is 22.9. The second kappa shape index (κ2) is 8.86. The third-order valence-corrected chi connectivity index (χ3v) is 6.86. The smallest absolute Gasteiger partial charge is 0.337 e. The number of carbonyl (C=O) groups is 3. The first kappa shape index (κ1) is 21.5. The summed E-state index contributed by atoms with van der Waals surface area (Å²) in [6, 6.07) is 16.3. The number of Topliss-reactive ketones (excluding diaryl/α,β-unsaturated/α-hetero) is 1. The van der Waals surface area contributed by atoms with Crippen molar-refractivity contribution in [2.24, 2.45) is 5.92 Å². The van der Waals surface area contributed by atoms with Gasteiger partial charge >= 0.3 is 6.03 Å². The molecule has 1 aliphatic carbocycles. The van der Waals surface area contributed by atoms with Crippen LogP contribution in [0.5, 0.6) is 5.75 Å². The second-order valence-corrected chi connectivity index (χ2v) is 8.84. The van der Waals surface area contributed by atoms with Crippen LogP contribution in [-0.2, 0) is 11.3 Å². The molecule has 33 heavy (non-hydrogen) atoms. The van der Waals surface area contributed by atoms with E-state index in [1.165, 1.54) is 5.01 Å². The fourth-order valence-corrected chi connectivity index (χ4v) is 5.20. The Bertz CT molecular complexity index is 1060. The lowest BCUT2D eigenvalue weighted by molar-refractivity contribution is -0.157. The van der Waals surface area contributed by atoms with Gasteiger partial charge in [0.15, 0.2) is 12.1 Å². The van der Waals surface area contributed by atoms with Crippen LogP contribution in [0.15, 0.2) is 54.6 Å². The number of nitrogens with zero attached hydrogens (tertiary/aromatic N) is 3. The minimum atomic E-state index is -0.595. The molecule has 8 nitrogen and oxygen atoms in total. The fraction of sp³-hybridized carbons (Fsp3) is 0.400. The van der Waals surface area contributed by atoms with Gasteiger partial charge in [-0.15, -0.1) is 0 Å². The third kappa shape index (κ3) is 3.95. The number of benzene rings is 2. The van der Waals surface area contributed by atoms with Crippen molar-refractivity contribution in [1.82, 2.24) is 20.2 Å². The summed E-state index contributed by atoms with van der Waals surface area (Å²) in [6.45, 7) is 0.283. The summed E-state index contributed by atoms with van der Waals surface area (Å²) in [5.41, 5.74) is 4.64. The number of hydrazine groups is 1. The van der Waals surface area contributed by atoms with Crippen molar-refractivity contribution in [2.75, 3.05) is 13.7 Å². The summed E-state index contributed by atoms with van der Waals surface area (Å²) < 4.78 is 5.21. The van der Waals surface area contributed by atoms with Gasteiger partial charge in [-0.2, -0.15) is 5.43 Å². The molecule has 1 N–H and O–H groups in total. The number of urea groups is 1. The van der Waals surface area contributed by atoms with E-state index < -0.39 is 6.29 Å². The minimum Gasteiger partial charge on any atom is -0.497 e. The van der Waals surface area contributed by atoms with Gasteiger partial charge < -0.3 is 9.64 Å². The molecule has 3 fully saturated rings. The molecule has 2 aromatic rings. The Hall–Kier alpha value is -3.39. The minimum absolute atomic E-state index is 0.0751. The van der Waals surface area contributed by atoms with E-state index in [1.807, 2.05) is 30.3 Å². The average molecular weight is 449 g/mol. The van der Waals surface area contributed by atoms with Gasteiger partial charge in [0.2, 0.25) is 5.91 Å². The van der Waals surface area contributed by atoms with Gasteiger partial charge in [0, 0.05) is 18.2 Å². The maximum absolute atomic E-state index is 13.5. The zero-order valence-corrected chi connectivity index (χ0v) is 18.6. The van der Waals surface area contributed by atoms with E-state index in [9.17, 15) is 14.4 Å². The van der Waals surface area contributed by atoms with Crippen molar-refractivity contribution in [2.45, 2.75) is 44.6 Å². The molecule has 0 spiro atoms. The van der Waals surface area contributed by atoms with Crippen LogP contribution in [0.25, 0.3) is 0 Å². The normalized spacial score (nSPS) is 24.5. The largest absolute Gasteiger partial charge is 0.497 e. The Balaban J connectivity index is 1.40. The van der Waals surface area contributed by atoms with Crippen molar-refractivity contribution in [3.8, 4) is 5.75 Å². The number of fused-ring (bicyclic) bond motifs is 3. The standard InChI is InChI=1S/C25H28N4O4/c1-33-19-11-7-10-18(14-19)22(30)16-28-25(32)29-21-13-6-5-12-20(21)23(31)27(24(29)26-28)15-17-8-3-2-4-9-17/h2-4,7-11,14,20-21,24,26H,5-6,12-13,15-16H2,1H3. The first-order valence-electron chi connectivity index (χ1n) is 11.4. The van der Waals surface area contributed by atoms with Gasteiger partial charge in [0.05, 0.1) is 13.0 Å². The van der Waals surface area contributed by atoms with E-state index in [0.717, 1.165) is 31.2 Å². The monoisotopic (exact) mass is 448 g/mol. The molecule has 3 aliphatic rings. The molecule has 3 amide bonds. The Kier molecular flexibility index (Phi) is 5.76. The van der Waals surface area contributed by atoms with Crippen LogP contribution in [0.2, 0.25) is 0 Å². The molecule has 2 heterocycles. The van der Waals surface area contributed by atoms with Crippen LogP contribution in [0.3, 0.4) is 0 Å². The van der Waals surface area contributed by atoms with Gasteiger partial charge in [-0.1, -0.05) is 55.3 Å². The highest BCUT2D eigenvalue weighted by Gasteiger charge is 2.54. The van der Waals surface area contributed by atoms with Crippen LogP contribution < -0.4 is 10.2 Å². The molecule has 0 aromatic heterocycles. The lowest BCUT2D eigenvalue weighted by atomic mass is 9.81. The van der Waals surface area contributed by atoms with E-state index in [1.54, 1.807) is 41.2 Å². The van der Waals surface area contributed by atoms with Crippen molar-refractivity contribution in [3.63, 3.8) is 0 Å². The predicted molar refractivity (Wildman–Crippen MR) is 121 cm³/mol. The summed E-state index contributed by atoms with van der Waals surface area (Å²) in [4.78, 5) is 43.4. The lowest BCUT2D eigenvalue weighted by Crippen LogP contribution is -2.65. The number of ether oxygens (including phenoxy) is 1. The number of ketones is 1. The summed E-state index contributed by atoms with van der Waals surface area (Å²) >= 11 is 0. The molecule has 3 unspecified atom stereocenters. The molecule has 8 heteroatoms. The number of carbonyl (C=O) groups excluding carboxylic acids is 3. The van der Waals surface area contributed by atoms with Crippen LogP contribution in [0.4, 0.5) is 4.79 Å². The number of methoxy groups -OCH3 is 1. The Labute approximate surface area is 193 Å². The maximum Gasteiger partial charge on any atom is 0.337 e. The number of hydrogen-bond acceptors (Lipinski definition) is 5. The van der Waals surface area contributed by atoms with E-state index in [0.29, 0.717) is 17.9 Å². The van der Waals surface area contributed by atoms with Crippen LogP contribution in [0.1, 0.15) is 41.6 Å². The van der Waals surface area contributed by atoms with Gasteiger partial charge in [-0.05, 0) is 30.5 Å². The van der Waals surface area contributed by atoms with E-state index >= 15 is 0 Å². The summed E-state index contributed by atoms with van der Waals surface area (Å²) in [5.74, 6) is 0.268. The Morgan fingerprint density at radius 1 is 1.06 bits per heavy atom. The number of nitrogens with one attached hydrogen (secondary N) is 1. The molecule has 1 saturated carbocycles. The topological polar surface area (TPSA) is 82.2 Å². The van der Waals surface area contributed by atoms with E-state index in [2.05, 4.69) is 5.43 Å². The highest BCUT2D eigenvalue weighted by molar-refractivity contribution is 5.99. The quantitative estimate of drug-likeness (QED) is 0.687. The lowest BCUT2D eigenvalue weighted by Gasteiger charge is -2.48. The van der Waals surface area contributed by atoms with Gasteiger partial charge in [0.1, 0.15) is 12.3 Å². The predicted octanol–water partition coefficient (Wildman–Crippen LogP) is 3.00. The molecular weight excluding hydrogens is 420 g/mol. The van der Waals surface area contributed by atoms with E-state index in [4.69, 9.17) is 4.74 Å². The molecular formula is C25H28N4O4. The first-order chi connectivity index (χ1) is 16.1. The molecule has 0 bridgehead atoms. The van der Waals surface area contributed by atoms with Crippen molar-refractivity contribution >= 4 is 17.7 Å². The average Bonchev–Trinajstić information content (AvgIpc) is 3.18. The molecule has 3 atom stereocenters. The number of amides is 3. The number of hydrogen-bond donors (Lipinski definition) is 1. The SMILES string of the molecule is COc1cccc(C(=O)CN2NC3N(Cc4ccccc4)C(=O)C4CCCCC4N3C2=O)c1. The van der Waals surface area contributed by atoms with Crippen LogP contribution >= 0.6 is 0 Å². The summed E-state index contributed by atoms with van der Waals surface area (Å²) in [7, 11) is 1.55. The molecule has 2 aromatic carbocycles. The second-order valence-electron chi connectivity index (χ2n) is 8.84.